The van der Waals surface area contributed by atoms with Crippen LogP contribution < -0.4 is 16.0 Å². The van der Waals surface area contributed by atoms with E-state index in [1.54, 1.807) is 0 Å². The highest BCUT2D eigenvalue weighted by molar-refractivity contribution is 5.93. The van der Waals surface area contributed by atoms with Gasteiger partial charge in [-0.25, -0.2) is 9.59 Å². The predicted octanol–water partition coefficient (Wildman–Crippen LogP) is 0.242. The number of aliphatic hydroxyl groups is 1. The summed E-state index contributed by atoms with van der Waals surface area (Å²) in [6.07, 6.45) is 0.663. The number of nitrogens with two attached hydrogens (primary N) is 1. The zero-order chi connectivity index (χ0) is 15.0. The minimum Gasteiger partial charge on any atom is -0.478 e. The van der Waals surface area contributed by atoms with Crippen LogP contribution in [0.4, 0.5) is 10.5 Å². The van der Waals surface area contributed by atoms with Crippen LogP contribution in [0.1, 0.15) is 16.8 Å². The van der Waals surface area contributed by atoms with E-state index in [-0.39, 0.29) is 24.7 Å². The van der Waals surface area contributed by atoms with E-state index in [2.05, 4.69) is 5.32 Å². The molecule has 2 amide bonds. The Bertz CT molecular complexity index is 447. The molecule has 0 bridgehead atoms. The molecule has 0 atom stereocenters. The first-order valence-electron chi connectivity index (χ1n) is 6.29. The van der Waals surface area contributed by atoms with Gasteiger partial charge in [-0.15, -0.1) is 0 Å². The molecule has 0 saturated heterocycles. The van der Waals surface area contributed by atoms with Crippen molar-refractivity contribution in [3.8, 4) is 0 Å². The summed E-state index contributed by atoms with van der Waals surface area (Å²) in [6.45, 7) is 0.865. The maximum Gasteiger partial charge on any atom is 0.335 e. The molecule has 7 heteroatoms. The number of nitrogens with one attached hydrogen (secondary N) is 1. The standard InChI is InChI=1S/C13H19N3O4/c14-6-1-7-15-13(20)16(8-9-17)11-4-2-10(3-5-11)12(18)19/h2-5,17H,1,6-9,14H2,(H,15,20)(H,18,19). The molecule has 0 radical (unpaired) electrons. The van der Waals surface area contributed by atoms with Crippen molar-refractivity contribution in [3.63, 3.8) is 0 Å². The summed E-state index contributed by atoms with van der Waals surface area (Å²) in [5.41, 5.74) is 6.01. The van der Waals surface area contributed by atoms with Crippen LogP contribution in [0, 0.1) is 0 Å². The molecule has 0 aliphatic rings. The van der Waals surface area contributed by atoms with Crippen LogP contribution in [-0.2, 0) is 0 Å². The Balaban J connectivity index is 2.78. The van der Waals surface area contributed by atoms with Crippen LogP contribution >= 0.6 is 0 Å². The molecule has 0 aliphatic carbocycles. The van der Waals surface area contributed by atoms with Crippen LogP contribution in [0.15, 0.2) is 24.3 Å². The summed E-state index contributed by atoms with van der Waals surface area (Å²) >= 11 is 0. The van der Waals surface area contributed by atoms with Crippen molar-refractivity contribution in [2.45, 2.75) is 6.42 Å². The number of carbonyl (C=O) groups excluding carboxylic acids is 1. The van der Waals surface area contributed by atoms with Crippen molar-refractivity contribution in [2.24, 2.45) is 5.73 Å². The van der Waals surface area contributed by atoms with Gasteiger partial charge in [0.2, 0.25) is 0 Å². The molecule has 0 aromatic heterocycles. The van der Waals surface area contributed by atoms with Crippen molar-refractivity contribution >= 4 is 17.7 Å². The molecule has 5 N–H and O–H groups in total. The maximum atomic E-state index is 12.0. The van der Waals surface area contributed by atoms with Crippen molar-refractivity contribution in [1.29, 1.82) is 0 Å². The number of rotatable bonds is 7. The normalized spacial score (nSPS) is 10.1. The van der Waals surface area contributed by atoms with E-state index < -0.39 is 5.97 Å². The number of anilines is 1. The molecular weight excluding hydrogens is 262 g/mol. The molecule has 7 nitrogen and oxygen atoms in total. The number of aromatic carboxylic acids is 1. The molecule has 1 aromatic carbocycles. The van der Waals surface area contributed by atoms with E-state index in [1.807, 2.05) is 0 Å². The minimum absolute atomic E-state index is 0.126. The zero-order valence-electron chi connectivity index (χ0n) is 11.1. The maximum absolute atomic E-state index is 12.0. The molecule has 20 heavy (non-hydrogen) atoms. The van der Waals surface area contributed by atoms with Crippen LogP contribution in [0.2, 0.25) is 0 Å². The number of hydrogen-bond acceptors (Lipinski definition) is 4. The summed E-state index contributed by atoms with van der Waals surface area (Å²) in [6, 6.07) is 5.53. The third-order valence-corrected chi connectivity index (χ3v) is 2.65. The highest BCUT2D eigenvalue weighted by atomic mass is 16.4. The van der Waals surface area contributed by atoms with Crippen LogP contribution in [-0.4, -0.2) is 48.5 Å². The van der Waals surface area contributed by atoms with E-state index in [1.165, 1.54) is 29.2 Å². The van der Waals surface area contributed by atoms with Crippen molar-refractivity contribution in [3.05, 3.63) is 29.8 Å². The van der Waals surface area contributed by atoms with Crippen molar-refractivity contribution in [1.82, 2.24) is 5.32 Å². The van der Waals surface area contributed by atoms with Gasteiger partial charge < -0.3 is 21.3 Å². The molecule has 0 spiro atoms. The van der Waals surface area contributed by atoms with Crippen molar-refractivity contribution in [2.75, 3.05) is 31.1 Å². The lowest BCUT2D eigenvalue weighted by Crippen LogP contribution is -2.42. The van der Waals surface area contributed by atoms with Gasteiger partial charge in [-0.2, -0.15) is 0 Å². The smallest absolute Gasteiger partial charge is 0.335 e. The SMILES string of the molecule is NCCCNC(=O)N(CCO)c1ccc(C(=O)O)cc1. The molecule has 0 aliphatic heterocycles. The largest absolute Gasteiger partial charge is 0.478 e. The van der Waals surface area contributed by atoms with Crippen molar-refractivity contribution < 1.29 is 19.8 Å². The summed E-state index contributed by atoms with van der Waals surface area (Å²) in [5, 5.41) is 20.5. The molecule has 1 rings (SSSR count). The Labute approximate surface area is 117 Å². The summed E-state index contributed by atoms with van der Waals surface area (Å²) < 4.78 is 0. The zero-order valence-corrected chi connectivity index (χ0v) is 11.1. The van der Waals surface area contributed by atoms with Gasteiger partial charge >= 0.3 is 12.0 Å². The second-order valence-corrected chi connectivity index (χ2v) is 4.10. The van der Waals surface area contributed by atoms with E-state index >= 15 is 0 Å². The second kappa shape index (κ2) is 8.13. The molecule has 0 heterocycles. The van der Waals surface area contributed by atoms with Gasteiger partial charge in [-0.3, -0.25) is 4.90 Å². The molecule has 0 fully saturated rings. The fourth-order valence-corrected chi connectivity index (χ4v) is 1.62. The summed E-state index contributed by atoms with van der Waals surface area (Å²) in [7, 11) is 0. The number of nitrogens with zero attached hydrogens (tertiary/aromatic N) is 1. The monoisotopic (exact) mass is 281 g/mol. The van der Waals surface area contributed by atoms with E-state index in [0.717, 1.165) is 0 Å². The van der Waals surface area contributed by atoms with Gasteiger partial charge in [-0.1, -0.05) is 0 Å². The van der Waals surface area contributed by atoms with Gasteiger partial charge in [0.05, 0.1) is 18.7 Å². The molecule has 1 aromatic rings. The Kier molecular flexibility index (Phi) is 6.48. The number of urea groups is 1. The average molecular weight is 281 g/mol. The highest BCUT2D eigenvalue weighted by Gasteiger charge is 2.15. The average Bonchev–Trinajstić information content (AvgIpc) is 2.45. The molecular formula is C13H19N3O4. The van der Waals surface area contributed by atoms with Gasteiger partial charge in [-0.05, 0) is 37.2 Å². The van der Waals surface area contributed by atoms with Crippen LogP contribution in [0.5, 0.6) is 0 Å². The number of carboxylic acids is 1. The van der Waals surface area contributed by atoms with E-state index in [9.17, 15) is 9.59 Å². The topological polar surface area (TPSA) is 116 Å². The predicted molar refractivity (Wildman–Crippen MR) is 74.9 cm³/mol. The number of carbonyl (C=O) groups is 2. The summed E-state index contributed by atoms with van der Waals surface area (Å²) in [4.78, 5) is 24.1. The fraction of sp³-hybridized carbons (Fsp3) is 0.385. The first-order chi connectivity index (χ1) is 9.60. The van der Waals surface area contributed by atoms with Gasteiger partial charge in [0.15, 0.2) is 0 Å². The third-order valence-electron chi connectivity index (χ3n) is 2.65. The first-order valence-corrected chi connectivity index (χ1v) is 6.29. The number of amides is 2. The molecule has 0 saturated carbocycles. The lowest BCUT2D eigenvalue weighted by molar-refractivity contribution is 0.0697. The third kappa shape index (κ3) is 4.52. The van der Waals surface area contributed by atoms with Crippen LogP contribution in [0.3, 0.4) is 0 Å². The summed E-state index contributed by atoms with van der Waals surface area (Å²) in [5.74, 6) is -1.03. The van der Waals surface area contributed by atoms with E-state index in [0.29, 0.717) is 25.2 Å². The van der Waals surface area contributed by atoms with E-state index in [4.69, 9.17) is 15.9 Å². The fourth-order valence-electron chi connectivity index (χ4n) is 1.62. The number of aliphatic hydroxyl groups excluding tert-OH is 1. The minimum atomic E-state index is -1.03. The highest BCUT2D eigenvalue weighted by Crippen LogP contribution is 2.15. The molecule has 0 unspecified atom stereocenters. The van der Waals surface area contributed by atoms with Gasteiger partial charge in [0.1, 0.15) is 0 Å². The Morgan fingerprint density at radius 1 is 1.25 bits per heavy atom. The first kappa shape index (κ1) is 15.9. The Hall–Kier alpha value is -2.12. The lowest BCUT2D eigenvalue weighted by Gasteiger charge is -2.22. The number of benzene rings is 1. The lowest BCUT2D eigenvalue weighted by atomic mass is 10.2. The number of hydrogen-bond donors (Lipinski definition) is 4. The Morgan fingerprint density at radius 2 is 1.90 bits per heavy atom. The molecule has 110 valence electrons. The quantitative estimate of drug-likeness (QED) is 0.534. The van der Waals surface area contributed by atoms with Gasteiger partial charge in [0, 0.05) is 12.2 Å². The Morgan fingerprint density at radius 3 is 2.40 bits per heavy atom. The number of carboxylic acid groups (broad SMARTS) is 1. The van der Waals surface area contributed by atoms with Gasteiger partial charge in [0.25, 0.3) is 0 Å². The second-order valence-electron chi connectivity index (χ2n) is 4.10. The van der Waals surface area contributed by atoms with Crippen LogP contribution in [0.25, 0.3) is 0 Å².